The van der Waals surface area contributed by atoms with E-state index in [1.165, 1.54) is 0 Å². The normalized spacial score (nSPS) is 10.1. The first kappa shape index (κ1) is 12.0. The highest BCUT2D eigenvalue weighted by Gasteiger charge is 2.12. The summed E-state index contributed by atoms with van der Waals surface area (Å²) in [6.07, 6.45) is 0.977. The molecule has 5 heteroatoms. The summed E-state index contributed by atoms with van der Waals surface area (Å²) < 4.78 is 13.0. The Morgan fingerprint density at radius 3 is 2.83 bits per heavy atom. The van der Waals surface area contributed by atoms with Crippen molar-refractivity contribution in [2.45, 2.75) is 6.92 Å². The second kappa shape index (κ2) is 4.83. The third-order valence-electron chi connectivity index (χ3n) is 2.37. The Balaban J connectivity index is 2.37. The van der Waals surface area contributed by atoms with Gasteiger partial charge in [-0.2, -0.15) is 0 Å². The van der Waals surface area contributed by atoms with Crippen LogP contribution in [0.1, 0.15) is 15.9 Å². The lowest BCUT2D eigenvalue weighted by atomic mass is 10.2. The highest BCUT2D eigenvalue weighted by atomic mass is 19.1. The van der Waals surface area contributed by atoms with E-state index in [2.05, 4.69) is 10.3 Å². The zero-order valence-corrected chi connectivity index (χ0v) is 9.64. The van der Waals surface area contributed by atoms with Gasteiger partial charge in [0, 0.05) is 5.69 Å². The Hall–Kier alpha value is -2.43. The summed E-state index contributed by atoms with van der Waals surface area (Å²) in [5.41, 5.74) is 1.53. The Bertz CT molecular complexity index is 599. The lowest BCUT2D eigenvalue weighted by Crippen LogP contribution is -2.05. The van der Waals surface area contributed by atoms with Gasteiger partial charge in [-0.3, -0.25) is 0 Å². The van der Waals surface area contributed by atoms with E-state index in [1.54, 1.807) is 6.07 Å². The van der Waals surface area contributed by atoms with Crippen LogP contribution in [0.5, 0.6) is 0 Å². The Labute approximate surface area is 103 Å². The number of aryl methyl sites for hydroxylation is 1. The average Bonchev–Trinajstić information content (AvgIpc) is 2.31. The van der Waals surface area contributed by atoms with Crippen molar-refractivity contribution < 1.29 is 14.3 Å². The fourth-order valence-corrected chi connectivity index (χ4v) is 1.56. The predicted molar refractivity (Wildman–Crippen MR) is 65.6 cm³/mol. The molecule has 0 spiro atoms. The molecule has 0 aliphatic rings. The number of benzene rings is 1. The Kier molecular flexibility index (Phi) is 3.23. The summed E-state index contributed by atoms with van der Waals surface area (Å²) in [6, 6.07) is 8.32. The minimum atomic E-state index is -1.22. The van der Waals surface area contributed by atoms with Gasteiger partial charge in [0.15, 0.2) is 0 Å². The second-order valence-electron chi connectivity index (χ2n) is 3.85. The van der Waals surface area contributed by atoms with E-state index in [-0.39, 0.29) is 11.4 Å². The summed E-state index contributed by atoms with van der Waals surface area (Å²) in [7, 11) is 0. The molecule has 92 valence electrons. The number of carboxylic acid groups (broad SMARTS) is 1. The summed E-state index contributed by atoms with van der Waals surface area (Å²) in [4.78, 5) is 14.7. The van der Waals surface area contributed by atoms with Gasteiger partial charge < -0.3 is 10.4 Å². The second-order valence-corrected chi connectivity index (χ2v) is 3.85. The van der Waals surface area contributed by atoms with Crippen molar-refractivity contribution in [3.05, 3.63) is 53.5 Å². The number of rotatable bonds is 3. The minimum absolute atomic E-state index is 0.120. The first-order chi connectivity index (χ1) is 8.56. The Morgan fingerprint density at radius 2 is 2.17 bits per heavy atom. The van der Waals surface area contributed by atoms with Crippen molar-refractivity contribution in [2.24, 2.45) is 0 Å². The van der Waals surface area contributed by atoms with Crippen molar-refractivity contribution in [3.63, 3.8) is 0 Å². The maximum atomic E-state index is 13.0. The van der Waals surface area contributed by atoms with Gasteiger partial charge in [-0.25, -0.2) is 14.2 Å². The highest BCUT2D eigenvalue weighted by molar-refractivity contribution is 5.93. The molecule has 0 saturated heterocycles. The summed E-state index contributed by atoms with van der Waals surface area (Å²) >= 11 is 0. The molecule has 1 aromatic heterocycles. The molecule has 0 radical (unpaired) electrons. The van der Waals surface area contributed by atoms with Crippen LogP contribution in [0.25, 0.3) is 0 Å². The largest absolute Gasteiger partial charge is 0.478 e. The number of aromatic carboxylic acids is 1. The molecule has 0 atom stereocenters. The van der Waals surface area contributed by atoms with Gasteiger partial charge in [-0.15, -0.1) is 0 Å². The van der Waals surface area contributed by atoms with Crippen molar-refractivity contribution >= 4 is 17.5 Å². The SMILES string of the molecule is Cc1cccc(Nc2ncc(F)cc2C(=O)O)c1. The van der Waals surface area contributed by atoms with E-state index in [9.17, 15) is 9.18 Å². The Morgan fingerprint density at radius 1 is 1.39 bits per heavy atom. The lowest BCUT2D eigenvalue weighted by molar-refractivity contribution is 0.0697. The number of nitrogens with one attached hydrogen (secondary N) is 1. The number of hydrogen-bond donors (Lipinski definition) is 2. The van der Waals surface area contributed by atoms with E-state index in [0.717, 1.165) is 17.8 Å². The number of anilines is 2. The fourth-order valence-electron chi connectivity index (χ4n) is 1.56. The van der Waals surface area contributed by atoms with Gasteiger partial charge in [-0.1, -0.05) is 12.1 Å². The zero-order chi connectivity index (χ0) is 13.1. The van der Waals surface area contributed by atoms with E-state index in [4.69, 9.17) is 5.11 Å². The minimum Gasteiger partial charge on any atom is -0.478 e. The molecular formula is C13H11FN2O2. The van der Waals surface area contributed by atoms with Crippen LogP contribution in [0.15, 0.2) is 36.5 Å². The van der Waals surface area contributed by atoms with Crippen LogP contribution >= 0.6 is 0 Å². The number of aromatic nitrogens is 1. The number of nitrogens with zero attached hydrogens (tertiary/aromatic N) is 1. The van der Waals surface area contributed by atoms with Gasteiger partial charge in [0.2, 0.25) is 0 Å². The smallest absolute Gasteiger partial charge is 0.339 e. The van der Waals surface area contributed by atoms with Crippen molar-refractivity contribution in [1.29, 1.82) is 0 Å². The van der Waals surface area contributed by atoms with Crippen LogP contribution in [0.4, 0.5) is 15.9 Å². The van der Waals surface area contributed by atoms with Crippen molar-refractivity contribution in [1.82, 2.24) is 4.98 Å². The van der Waals surface area contributed by atoms with Gasteiger partial charge in [0.05, 0.1) is 6.20 Å². The maximum Gasteiger partial charge on any atom is 0.339 e. The average molecular weight is 246 g/mol. The molecule has 0 amide bonds. The monoisotopic (exact) mass is 246 g/mol. The third kappa shape index (κ3) is 2.63. The fraction of sp³-hybridized carbons (Fsp3) is 0.0769. The van der Waals surface area contributed by atoms with Gasteiger partial charge >= 0.3 is 5.97 Å². The molecule has 2 aromatic rings. The molecule has 2 rings (SSSR count). The topological polar surface area (TPSA) is 62.2 Å². The van der Waals surface area contributed by atoms with Crippen LogP contribution in [-0.2, 0) is 0 Å². The molecule has 1 heterocycles. The van der Waals surface area contributed by atoms with Crippen molar-refractivity contribution in [3.8, 4) is 0 Å². The maximum absolute atomic E-state index is 13.0. The van der Waals surface area contributed by atoms with Gasteiger partial charge in [0.25, 0.3) is 0 Å². The molecule has 0 unspecified atom stereocenters. The van der Waals surface area contributed by atoms with Crippen LogP contribution in [0.3, 0.4) is 0 Å². The standard InChI is InChI=1S/C13H11FN2O2/c1-8-3-2-4-10(5-8)16-12-11(13(17)18)6-9(14)7-15-12/h2-7H,1H3,(H,15,16)(H,17,18). The molecule has 0 aliphatic heterocycles. The van der Waals surface area contributed by atoms with Crippen LogP contribution < -0.4 is 5.32 Å². The number of pyridine rings is 1. The van der Waals surface area contributed by atoms with Crippen LogP contribution in [-0.4, -0.2) is 16.1 Å². The van der Waals surface area contributed by atoms with E-state index < -0.39 is 11.8 Å². The molecule has 1 aromatic carbocycles. The third-order valence-corrected chi connectivity index (χ3v) is 2.37. The van der Waals surface area contributed by atoms with Crippen molar-refractivity contribution in [2.75, 3.05) is 5.32 Å². The predicted octanol–water partition coefficient (Wildman–Crippen LogP) is 2.97. The quantitative estimate of drug-likeness (QED) is 0.874. The number of carboxylic acids is 1. The molecular weight excluding hydrogens is 235 g/mol. The van der Waals surface area contributed by atoms with Crippen LogP contribution in [0, 0.1) is 12.7 Å². The summed E-state index contributed by atoms with van der Waals surface area (Å²) in [6.45, 7) is 1.92. The molecule has 0 fully saturated rings. The number of halogens is 1. The molecule has 0 saturated carbocycles. The molecule has 4 nitrogen and oxygen atoms in total. The molecule has 18 heavy (non-hydrogen) atoms. The highest BCUT2D eigenvalue weighted by Crippen LogP contribution is 2.20. The number of hydrogen-bond acceptors (Lipinski definition) is 3. The van der Waals surface area contributed by atoms with E-state index in [0.29, 0.717) is 5.69 Å². The molecule has 0 aliphatic carbocycles. The molecule has 0 bridgehead atoms. The molecule has 2 N–H and O–H groups in total. The van der Waals surface area contributed by atoms with Gasteiger partial charge in [-0.05, 0) is 30.7 Å². The lowest BCUT2D eigenvalue weighted by Gasteiger charge is -2.09. The van der Waals surface area contributed by atoms with E-state index in [1.807, 2.05) is 25.1 Å². The first-order valence-electron chi connectivity index (χ1n) is 5.29. The summed E-state index contributed by atoms with van der Waals surface area (Å²) in [5.74, 6) is -1.78. The van der Waals surface area contributed by atoms with E-state index >= 15 is 0 Å². The first-order valence-corrected chi connectivity index (χ1v) is 5.29. The van der Waals surface area contributed by atoms with Crippen LogP contribution in [0.2, 0.25) is 0 Å². The summed E-state index contributed by atoms with van der Waals surface area (Å²) in [5, 5.41) is 11.8. The number of carbonyl (C=O) groups is 1. The zero-order valence-electron chi connectivity index (χ0n) is 9.64. The van der Waals surface area contributed by atoms with Gasteiger partial charge in [0.1, 0.15) is 17.2 Å².